The monoisotopic (exact) mass is 278 g/mol. The summed E-state index contributed by atoms with van der Waals surface area (Å²) in [6, 6.07) is 4.88. The highest BCUT2D eigenvalue weighted by Crippen LogP contribution is 2.29. The van der Waals surface area contributed by atoms with Gasteiger partial charge in [0.1, 0.15) is 5.76 Å². The highest BCUT2D eigenvalue weighted by molar-refractivity contribution is 4.99. The quantitative estimate of drug-likeness (QED) is 0.669. The Kier molecular flexibility index (Phi) is 6.61. The standard InChI is InChI=1S/C17H30N2O/c1-2-5-15(10-11-18)6-3-12-19(16-8-9-16)14-17-7-4-13-20-17/h4,7,13,15-16H,2-3,5-6,8-12,14,18H2,1H3. The molecule has 114 valence electrons. The molecule has 3 nitrogen and oxygen atoms in total. The first-order valence-corrected chi connectivity index (χ1v) is 8.30. The van der Waals surface area contributed by atoms with E-state index in [1.807, 2.05) is 6.07 Å². The summed E-state index contributed by atoms with van der Waals surface area (Å²) < 4.78 is 5.49. The molecule has 0 radical (unpaired) electrons. The SMILES string of the molecule is CCCC(CCN)CCCN(Cc1ccco1)C1CC1. The van der Waals surface area contributed by atoms with Gasteiger partial charge in [-0.2, -0.15) is 0 Å². The highest BCUT2D eigenvalue weighted by atomic mass is 16.3. The van der Waals surface area contributed by atoms with E-state index in [1.54, 1.807) is 6.26 Å². The number of hydrogen-bond donors (Lipinski definition) is 1. The minimum Gasteiger partial charge on any atom is -0.468 e. The molecule has 1 saturated carbocycles. The molecule has 2 N–H and O–H groups in total. The molecule has 2 rings (SSSR count). The summed E-state index contributed by atoms with van der Waals surface area (Å²) in [5.74, 6) is 1.93. The van der Waals surface area contributed by atoms with Crippen LogP contribution < -0.4 is 5.73 Å². The number of nitrogens with zero attached hydrogens (tertiary/aromatic N) is 1. The molecule has 20 heavy (non-hydrogen) atoms. The first-order valence-electron chi connectivity index (χ1n) is 8.30. The second-order valence-corrected chi connectivity index (χ2v) is 6.16. The van der Waals surface area contributed by atoms with Crippen molar-refractivity contribution in [2.75, 3.05) is 13.1 Å². The van der Waals surface area contributed by atoms with E-state index in [0.717, 1.165) is 30.8 Å². The van der Waals surface area contributed by atoms with Crippen molar-refractivity contribution in [3.8, 4) is 0 Å². The zero-order valence-electron chi connectivity index (χ0n) is 12.9. The van der Waals surface area contributed by atoms with Crippen LogP contribution in [0.2, 0.25) is 0 Å². The van der Waals surface area contributed by atoms with Gasteiger partial charge in [-0.15, -0.1) is 0 Å². The van der Waals surface area contributed by atoms with Crippen molar-refractivity contribution in [1.29, 1.82) is 0 Å². The first-order chi connectivity index (χ1) is 9.83. The Morgan fingerprint density at radius 2 is 2.20 bits per heavy atom. The molecule has 1 unspecified atom stereocenters. The maximum Gasteiger partial charge on any atom is 0.117 e. The van der Waals surface area contributed by atoms with Gasteiger partial charge < -0.3 is 10.2 Å². The van der Waals surface area contributed by atoms with Crippen LogP contribution in [0.15, 0.2) is 22.8 Å². The Morgan fingerprint density at radius 3 is 2.80 bits per heavy atom. The summed E-state index contributed by atoms with van der Waals surface area (Å²) in [6.07, 6.45) is 10.9. The zero-order chi connectivity index (χ0) is 14.2. The summed E-state index contributed by atoms with van der Waals surface area (Å²) >= 11 is 0. The molecule has 1 heterocycles. The van der Waals surface area contributed by atoms with E-state index in [0.29, 0.717) is 0 Å². The van der Waals surface area contributed by atoms with Gasteiger partial charge in [0.25, 0.3) is 0 Å². The van der Waals surface area contributed by atoms with Gasteiger partial charge in [0.05, 0.1) is 12.8 Å². The molecule has 1 fully saturated rings. The summed E-state index contributed by atoms with van der Waals surface area (Å²) in [5, 5.41) is 0. The van der Waals surface area contributed by atoms with Crippen LogP contribution in [0.3, 0.4) is 0 Å². The number of rotatable bonds is 11. The van der Waals surface area contributed by atoms with Crippen molar-refractivity contribution < 1.29 is 4.42 Å². The molecule has 1 aliphatic carbocycles. The Hall–Kier alpha value is -0.800. The molecule has 0 aliphatic heterocycles. The molecule has 0 bridgehead atoms. The van der Waals surface area contributed by atoms with Crippen molar-refractivity contribution in [2.24, 2.45) is 11.7 Å². The number of nitrogens with two attached hydrogens (primary N) is 1. The number of furan rings is 1. The van der Waals surface area contributed by atoms with E-state index in [-0.39, 0.29) is 0 Å². The fourth-order valence-electron chi connectivity index (χ4n) is 3.09. The first kappa shape index (κ1) is 15.6. The molecule has 0 saturated heterocycles. The molecule has 0 spiro atoms. The molecule has 1 aromatic rings. The fourth-order valence-corrected chi connectivity index (χ4v) is 3.09. The van der Waals surface area contributed by atoms with E-state index >= 15 is 0 Å². The van der Waals surface area contributed by atoms with Crippen molar-refractivity contribution in [3.63, 3.8) is 0 Å². The van der Waals surface area contributed by atoms with E-state index in [1.165, 1.54) is 51.5 Å². The van der Waals surface area contributed by atoms with Crippen LogP contribution in [0, 0.1) is 5.92 Å². The third kappa shape index (κ3) is 5.29. The van der Waals surface area contributed by atoms with Gasteiger partial charge >= 0.3 is 0 Å². The molecule has 3 heteroatoms. The van der Waals surface area contributed by atoms with Gasteiger partial charge in [0.15, 0.2) is 0 Å². The van der Waals surface area contributed by atoms with Crippen LogP contribution in [-0.2, 0) is 6.54 Å². The summed E-state index contributed by atoms with van der Waals surface area (Å²) in [5.41, 5.74) is 5.72. The average molecular weight is 278 g/mol. The molecule has 0 amide bonds. The molecule has 1 aliphatic rings. The lowest BCUT2D eigenvalue weighted by atomic mass is 9.94. The van der Waals surface area contributed by atoms with Crippen molar-refractivity contribution >= 4 is 0 Å². The minimum absolute atomic E-state index is 0.805. The third-order valence-electron chi connectivity index (χ3n) is 4.33. The smallest absolute Gasteiger partial charge is 0.117 e. The summed E-state index contributed by atoms with van der Waals surface area (Å²) in [4.78, 5) is 2.60. The summed E-state index contributed by atoms with van der Waals surface area (Å²) in [7, 11) is 0. The minimum atomic E-state index is 0.805. The van der Waals surface area contributed by atoms with E-state index in [2.05, 4.69) is 17.9 Å². The largest absolute Gasteiger partial charge is 0.468 e. The van der Waals surface area contributed by atoms with Crippen LogP contribution in [0.1, 0.15) is 57.6 Å². The normalized spacial score (nSPS) is 16.8. The van der Waals surface area contributed by atoms with E-state index in [9.17, 15) is 0 Å². The van der Waals surface area contributed by atoms with Crippen LogP contribution in [0.5, 0.6) is 0 Å². The van der Waals surface area contributed by atoms with Crippen LogP contribution >= 0.6 is 0 Å². The lowest BCUT2D eigenvalue weighted by Crippen LogP contribution is -2.27. The molecule has 0 aromatic carbocycles. The Morgan fingerprint density at radius 1 is 1.35 bits per heavy atom. The molecular weight excluding hydrogens is 248 g/mol. The van der Waals surface area contributed by atoms with Crippen molar-refractivity contribution in [1.82, 2.24) is 4.90 Å². The maximum atomic E-state index is 5.72. The predicted molar refractivity (Wildman–Crippen MR) is 83.4 cm³/mol. The lowest BCUT2D eigenvalue weighted by Gasteiger charge is -2.22. The lowest BCUT2D eigenvalue weighted by molar-refractivity contribution is 0.221. The second-order valence-electron chi connectivity index (χ2n) is 6.16. The van der Waals surface area contributed by atoms with E-state index < -0.39 is 0 Å². The predicted octanol–water partition coefficient (Wildman–Crippen LogP) is 3.79. The zero-order valence-corrected chi connectivity index (χ0v) is 12.9. The van der Waals surface area contributed by atoms with Gasteiger partial charge in [-0.3, -0.25) is 4.90 Å². The average Bonchev–Trinajstić information content (AvgIpc) is 3.16. The van der Waals surface area contributed by atoms with Gasteiger partial charge in [0, 0.05) is 6.04 Å². The van der Waals surface area contributed by atoms with Crippen LogP contribution in [-0.4, -0.2) is 24.0 Å². The second kappa shape index (κ2) is 8.48. The van der Waals surface area contributed by atoms with Crippen LogP contribution in [0.4, 0.5) is 0 Å². The highest BCUT2D eigenvalue weighted by Gasteiger charge is 2.29. The molecule has 1 aromatic heterocycles. The van der Waals surface area contributed by atoms with Crippen LogP contribution in [0.25, 0.3) is 0 Å². The Bertz CT molecular complexity index is 340. The fraction of sp³-hybridized carbons (Fsp3) is 0.765. The Labute approximate surface area is 123 Å². The van der Waals surface area contributed by atoms with Gasteiger partial charge in [-0.25, -0.2) is 0 Å². The summed E-state index contributed by atoms with van der Waals surface area (Å²) in [6.45, 7) is 5.30. The topological polar surface area (TPSA) is 42.4 Å². The van der Waals surface area contributed by atoms with E-state index in [4.69, 9.17) is 10.2 Å². The maximum absolute atomic E-state index is 5.72. The van der Waals surface area contributed by atoms with Crippen molar-refractivity contribution in [2.45, 2.75) is 64.5 Å². The van der Waals surface area contributed by atoms with Gasteiger partial charge in [-0.05, 0) is 63.2 Å². The van der Waals surface area contributed by atoms with Crippen molar-refractivity contribution in [3.05, 3.63) is 24.2 Å². The Balaban J connectivity index is 1.71. The third-order valence-corrected chi connectivity index (χ3v) is 4.33. The van der Waals surface area contributed by atoms with Gasteiger partial charge in [-0.1, -0.05) is 19.8 Å². The molecular formula is C17H30N2O. The van der Waals surface area contributed by atoms with Gasteiger partial charge in [0.2, 0.25) is 0 Å². The number of hydrogen-bond acceptors (Lipinski definition) is 3. The molecule has 1 atom stereocenters.